The smallest absolute Gasteiger partial charge is 0.275 e. The predicted octanol–water partition coefficient (Wildman–Crippen LogP) is 3.52. The first-order valence-corrected chi connectivity index (χ1v) is 7.07. The lowest BCUT2D eigenvalue weighted by Gasteiger charge is -2.10. The first-order valence-electron chi connectivity index (χ1n) is 6.69. The lowest BCUT2D eigenvalue weighted by molar-refractivity contribution is 0.102. The van der Waals surface area contributed by atoms with Crippen molar-refractivity contribution < 1.29 is 9.53 Å². The molecule has 0 aliphatic rings. The molecule has 0 saturated heterocycles. The maximum Gasteiger partial charge on any atom is 0.275 e. The van der Waals surface area contributed by atoms with Gasteiger partial charge >= 0.3 is 0 Å². The number of methoxy groups -OCH3 is 1. The summed E-state index contributed by atoms with van der Waals surface area (Å²) in [5.41, 5.74) is 6.91. The van der Waals surface area contributed by atoms with Crippen LogP contribution in [0.3, 0.4) is 0 Å². The maximum absolute atomic E-state index is 12.3. The Morgan fingerprint density at radius 3 is 2.65 bits per heavy atom. The number of nitrogens with zero attached hydrogens (tertiary/aromatic N) is 2. The van der Waals surface area contributed by atoms with Gasteiger partial charge in [0.05, 0.1) is 24.0 Å². The van der Waals surface area contributed by atoms with Gasteiger partial charge in [-0.25, -0.2) is 9.97 Å². The fourth-order valence-corrected chi connectivity index (χ4v) is 2.00. The summed E-state index contributed by atoms with van der Waals surface area (Å²) >= 11 is 6.01. The largest absolute Gasteiger partial charge is 0.495 e. The SMILES string of the molecule is COc1ccc(NC(=O)c2nc(C(C)C)ncc2Cl)cc1N.Cl. The molecule has 0 fully saturated rings. The molecule has 2 aromatic rings. The molecule has 8 heteroatoms. The highest BCUT2D eigenvalue weighted by Gasteiger charge is 2.16. The van der Waals surface area contributed by atoms with Crippen molar-refractivity contribution in [2.75, 3.05) is 18.2 Å². The molecule has 1 heterocycles. The summed E-state index contributed by atoms with van der Waals surface area (Å²) in [6, 6.07) is 4.97. The average Bonchev–Trinajstić information content (AvgIpc) is 2.47. The van der Waals surface area contributed by atoms with Crippen molar-refractivity contribution in [3.05, 3.63) is 40.9 Å². The maximum atomic E-state index is 12.3. The Balaban J connectivity index is 0.00000264. The van der Waals surface area contributed by atoms with Gasteiger partial charge < -0.3 is 15.8 Å². The van der Waals surface area contributed by atoms with Gasteiger partial charge in [0.25, 0.3) is 5.91 Å². The number of carbonyl (C=O) groups excluding carboxylic acids is 1. The number of ether oxygens (including phenoxy) is 1. The Morgan fingerprint density at radius 2 is 2.09 bits per heavy atom. The quantitative estimate of drug-likeness (QED) is 0.817. The van der Waals surface area contributed by atoms with E-state index in [0.29, 0.717) is 22.9 Å². The molecule has 0 unspecified atom stereocenters. The molecule has 0 radical (unpaired) electrons. The van der Waals surface area contributed by atoms with Gasteiger partial charge in [0.2, 0.25) is 0 Å². The molecule has 0 atom stereocenters. The number of rotatable bonds is 4. The molecular weight excluding hydrogens is 339 g/mol. The van der Waals surface area contributed by atoms with Crippen molar-refractivity contribution in [2.45, 2.75) is 19.8 Å². The highest BCUT2D eigenvalue weighted by molar-refractivity contribution is 6.33. The number of aromatic nitrogens is 2. The molecule has 6 nitrogen and oxygen atoms in total. The van der Waals surface area contributed by atoms with Crippen molar-refractivity contribution in [1.29, 1.82) is 0 Å². The van der Waals surface area contributed by atoms with Crippen molar-refractivity contribution in [3.63, 3.8) is 0 Å². The molecule has 0 spiro atoms. The van der Waals surface area contributed by atoms with Crippen LogP contribution in [0.15, 0.2) is 24.4 Å². The molecule has 2 rings (SSSR count). The lowest BCUT2D eigenvalue weighted by atomic mass is 10.2. The fraction of sp³-hybridized carbons (Fsp3) is 0.267. The molecule has 124 valence electrons. The predicted molar refractivity (Wildman–Crippen MR) is 93.7 cm³/mol. The molecule has 1 amide bonds. The minimum atomic E-state index is -0.418. The molecule has 3 N–H and O–H groups in total. The third kappa shape index (κ3) is 4.46. The zero-order valence-corrected chi connectivity index (χ0v) is 14.5. The van der Waals surface area contributed by atoms with Crippen LogP contribution in [0.5, 0.6) is 5.75 Å². The first kappa shape index (κ1) is 19.0. The van der Waals surface area contributed by atoms with Crippen LogP contribution >= 0.6 is 24.0 Å². The molecule has 23 heavy (non-hydrogen) atoms. The van der Waals surface area contributed by atoms with E-state index >= 15 is 0 Å². The number of nitrogens with one attached hydrogen (secondary N) is 1. The Bertz CT molecular complexity index is 708. The minimum absolute atomic E-state index is 0. The van der Waals surface area contributed by atoms with Crippen LogP contribution in [0, 0.1) is 0 Å². The number of carbonyl (C=O) groups is 1. The Labute approximate surface area is 145 Å². The minimum Gasteiger partial charge on any atom is -0.495 e. The number of anilines is 2. The second-order valence-electron chi connectivity index (χ2n) is 4.99. The molecule has 0 saturated carbocycles. The normalized spacial score (nSPS) is 10.1. The van der Waals surface area contributed by atoms with E-state index in [1.807, 2.05) is 13.8 Å². The van der Waals surface area contributed by atoms with E-state index in [2.05, 4.69) is 15.3 Å². The molecule has 1 aromatic carbocycles. The van der Waals surface area contributed by atoms with Gasteiger partial charge in [0.15, 0.2) is 5.69 Å². The van der Waals surface area contributed by atoms with Crippen molar-refractivity contribution in [2.24, 2.45) is 0 Å². The van der Waals surface area contributed by atoms with E-state index in [4.69, 9.17) is 22.1 Å². The van der Waals surface area contributed by atoms with Crippen LogP contribution in [0.1, 0.15) is 36.1 Å². The molecular formula is C15H18Cl2N4O2. The van der Waals surface area contributed by atoms with Gasteiger partial charge in [-0.2, -0.15) is 0 Å². The van der Waals surface area contributed by atoms with E-state index in [1.54, 1.807) is 18.2 Å². The van der Waals surface area contributed by atoms with Crippen LogP contribution in [0.2, 0.25) is 5.02 Å². The summed E-state index contributed by atoms with van der Waals surface area (Å²) in [7, 11) is 1.53. The van der Waals surface area contributed by atoms with E-state index in [0.717, 1.165) is 0 Å². The second-order valence-corrected chi connectivity index (χ2v) is 5.40. The van der Waals surface area contributed by atoms with Crippen LogP contribution in [-0.4, -0.2) is 23.0 Å². The third-order valence-corrected chi connectivity index (χ3v) is 3.26. The molecule has 0 aliphatic carbocycles. The summed E-state index contributed by atoms with van der Waals surface area (Å²) < 4.78 is 5.07. The highest BCUT2D eigenvalue weighted by Crippen LogP contribution is 2.25. The van der Waals surface area contributed by atoms with Gasteiger partial charge in [-0.1, -0.05) is 25.4 Å². The first-order chi connectivity index (χ1) is 10.4. The van der Waals surface area contributed by atoms with Crippen LogP contribution in [0.4, 0.5) is 11.4 Å². The summed E-state index contributed by atoms with van der Waals surface area (Å²) in [4.78, 5) is 20.6. The van der Waals surface area contributed by atoms with Crippen LogP contribution in [-0.2, 0) is 0 Å². The lowest BCUT2D eigenvalue weighted by Crippen LogP contribution is -2.16. The van der Waals surface area contributed by atoms with E-state index in [9.17, 15) is 4.79 Å². The Morgan fingerprint density at radius 1 is 1.39 bits per heavy atom. The summed E-state index contributed by atoms with van der Waals surface area (Å²) in [6.07, 6.45) is 1.43. The Kier molecular flexibility index (Phi) is 6.60. The monoisotopic (exact) mass is 356 g/mol. The number of hydrogen-bond donors (Lipinski definition) is 2. The van der Waals surface area contributed by atoms with E-state index in [1.165, 1.54) is 13.3 Å². The molecule has 0 bridgehead atoms. The Hall–Kier alpha value is -2.05. The number of benzene rings is 1. The molecule has 1 aromatic heterocycles. The van der Waals surface area contributed by atoms with Gasteiger partial charge in [0.1, 0.15) is 11.6 Å². The van der Waals surface area contributed by atoms with Crippen LogP contribution in [0.25, 0.3) is 0 Å². The van der Waals surface area contributed by atoms with Gasteiger partial charge in [-0.15, -0.1) is 12.4 Å². The van der Waals surface area contributed by atoms with Gasteiger partial charge in [-0.3, -0.25) is 4.79 Å². The fourth-order valence-electron chi connectivity index (χ4n) is 1.82. The number of nitrogens with two attached hydrogens (primary N) is 1. The third-order valence-electron chi connectivity index (χ3n) is 2.98. The summed E-state index contributed by atoms with van der Waals surface area (Å²) in [6.45, 7) is 3.88. The number of hydrogen-bond acceptors (Lipinski definition) is 5. The van der Waals surface area contributed by atoms with E-state index in [-0.39, 0.29) is 29.0 Å². The van der Waals surface area contributed by atoms with Crippen molar-refractivity contribution in [3.8, 4) is 5.75 Å². The topological polar surface area (TPSA) is 90.1 Å². The number of amides is 1. The highest BCUT2D eigenvalue weighted by atomic mass is 35.5. The standard InChI is InChI=1S/C15H17ClN4O2.ClH/c1-8(2)14-18-7-10(16)13(20-14)15(21)19-9-4-5-12(22-3)11(17)6-9;/h4-8H,17H2,1-3H3,(H,19,21);1H. The summed E-state index contributed by atoms with van der Waals surface area (Å²) in [5, 5.41) is 2.91. The molecule has 0 aliphatic heterocycles. The van der Waals surface area contributed by atoms with Crippen LogP contribution < -0.4 is 15.8 Å². The second kappa shape index (κ2) is 7.99. The average molecular weight is 357 g/mol. The number of nitrogen functional groups attached to an aromatic ring is 1. The van der Waals surface area contributed by atoms with Gasteiger partial charge in [-0.05, 0) is 18.2 Å². The zero-order chi connectivity index (χ0) is 16.3. The van der Waals surface area contributed by atoms with Gasteiger partial charge in [0, 0.05) is 11.6 Å². The zero-order valence-electron chi connectivity index (χ0n) is 13.0. The van der Waals surface area contributed by atoms with E-state index < -0.39 is 5.91 Å². The van der Waals surface area contributed by atoms with Crippen molar-refractivity contribution >= 4 is 41.3 Å². The van der Waals surface area contributed by atoms with Crippen molar-refractivity contribution in [1.82, 2.24) is 9.97 Å². The number of halogens is 2. The summed E-state index contributed by atoms with van der Waals surface area (Å²) in [5.74, 6) is 0.781.